The number of hydrogen-bond donors (Lipinski definition) is 2. The van der Waals surface area contributed by atoms with Gasteiger partial charge in [-0.25, -0.2) is 14.6 Å². The Balaban J connectivity index is 1.65. The van der Waals surface area contributed by atoms with E-state index in [2.05, 4.69) is 35.9 Å². The van der Waals surface area contributed by atoms with Crippen molar-refractivity contribution in [2.24, 2.45) is 0 Å². The Labute approximate surface area is 140 Å². The highest BCUT2D eigenvalue weighted by atomic mass is 32.1. The number of rotatable bonds is 5. The third kappa shape index (κ3) is 3.57. The van der Waals surface area contributed by atoms with Crippen molar-refractivity contribution in [3.05, 3.63) is 41.6 Å². The van der Waals surface area contributed by atoms with Gasteiger partial charge in [-0.3, -0.25) is 14.9 Å². The van der Waals surface area contributed by atoms with Crippen molar-refractivity contribution < 1.29 is 9.59 Å². The molecule has 0 aliphatic heterocycles. The number of aromatic nitrogens is 6. The van der Waals surface area contributed by atoms with Gasteiger partial charge in [0.05, 0.1) is 12.1 Å². The average Bonchev–Trinajstić information content (AvgIpc) is 3.27. The molecule has 0 spiro atoms. The second-order valence-electron chi connectivity index (χ2n) is 4.56. The van der Waals surface area contributed by atoms with Crippen molar-refractivity contribution in [1.29, 1.82) is 0 Å². The summed E-state index contributed by atoms with van der Waals surface area (Å²) in [4.78, 5) is 31.4. The normalized spacial score (nSPS) is 10.4. The predicted octanol–water partition coefficient (Wildman–Crippen LogP) is 0.0546. The summed E-state index contributed by atoms with van der Waals surface area (Å²) in [5.74, 6) is -0.132. The number of likely N-dealkylation sites (N-methyl/N-ethyl adjacent to an activating group) is 1. The zero-order chi connectivity index (χ0) is 16.9. The summed E-state index contributed by atoms with van der Waals surface area (Å²) >= 11 is 1.23. The van der Waals surface area contributed by atoms with Gasteiger partial charge in [-0.2, -0.15) is 5.10 Å². The molecule has 3 rings (SSSR count). The number of thiazole rings is 1. The summed E-state index contributed by atoms with van der Waals surface area (Å²) in [6.07, 6.45) is 3.02. The molecular formula is C13H12N8O2S. The molecule has 3 heterocycles. The van der Waals surface area contributed by atoms with Crippen molar-refractivity contribution >= 4 is 28.3 Å². The molecule has 24 heavy (non-hydrogen) atoms. The molecule has 3 aromatic rings. The van der Waals surface area contributed by atoms with Crippen LogP contribution in [0.15, 0.2) is 30.2 Å². The Bertz CT molecular complexity index is 843. The number of carbonyl (C=O) groups excluding carboxylic acids is 2. The molecule has 0 aliphatic rings. The van der Waals surface area contributed by atoms with E-state index in [9.17, 15) is 9.59 Å². The maximum Gasteiger partial charge on any atom is 0.277 e. The molecule has 11 heteroatoms. The van der Waals surface area contributed by atoms with Gasteiger partial charge >= 0.3 is 0 Å². The fraction of sp³-hybridized carbons (Fsp3) is 0.154. The van der Waals surface area contributed by atoms with E-state index in [1.165, 1.54) is 34.7 Å². The van der Waals surface area contributed by atoms with Crippen LogP contribution < -0.4 is 10.6 Å². The third-order valence-corrected chi connectivity index (χ3v) is 3.74. The highest BCUT2D eigenvalue weighted by molar-refractivity contribution is 7.14. The average molecular weight is 344 g/mol. The smallest absolute Gasteiger partial charge is 0.277 e. The van der Waals surface area contributed by atoms with Crippen molar-refractivity contribution in [3.63, 3.8) is 0 Å². The number of nitrogens with zero attached hydrogens (tertiary/aromatic N) is 6. The zero-order valence-corrected chi connectivity index (χ0v) is 13.3. The van der Waals surface area contributed by atoms with Crippen LogP contribution in [0.4, 0.5) is 5.13 Å². The van der Waals surface area contributed by atoms with Crippen LogP contribution in [0.25, 0.3) is 5.82 Å². The van der Waals surface area contributed by atoms with Gasteiger partial charge in [-0.05, 0) is 12.1 Å². The minimum Gasteiger partial charge on any atom is -0.359 e. The first-order valence-corrected chi connectivity index (χ1v) is 7.69. The molecule has 0 saturated carbocycles. The Morgan fingerprint density at radius 2 is 2.17 bits per heavy atom. The molecule has 0 unspecified atom stereocenters. The van der Waals surface area contributed by atoms with Crippen molar-refractivity contribution in [3.8, 4) is 5.82 Å². The summed E-state index contributed by atoms with van der Waals surface area (Å²) in [6, 6.07) is 3.13. The summed E-state index contributed by atoms with van der Waals surface area (Å²) < 4.78 is 1.43. The molecule has 0 fully saturated rings. The minimum atomic E-state index is -0.437. The van der Waals surface area contributed by atoms with E-state index in [0.717, 1.165) is 0 Å². The van der Waals surface area contributed by atoms with Crippen LogP contribution in [-0.2, 0) is 11.2 Å². The first kappa shape index (κ1) is 15.7. The van der Waals surface area contributed by atoms with Crippen molar-refractivity contribution in [2.75, 3.05) is 12.4 Å². The largest absolute Gasteiger partial charge is 0.359 e. The molecule has 2 amide bonds. The second kappa shape index (κ2) is 6.91. The van der Waals surface area contributed by atoms with Gasteiger partial charge in [0.1, 0.15) is 12.7 Å². The molecule has 0 bridgehead atoms. The number of amides is 2. The topological polar surface area (TPSA) is 128 Å². The Hall–Kier alpha value is -3.21. The lowest BCUT2D eigenvalue weighted by atomic mass is 10.3. The molecule has 3 aromatic heterocycles. The lowest BCUT2D eigenvalue weighted by Crippen LogP contribution is -2.20. The van der Waals surface area contributed by atoms with Gasteiger partial charge in [0.25, 0.3) is 5.91 Å². The van der Waals surface area contributed by atoms with Gasteiger partial charge in [0, 0.05) is 12.4 Å². The molecule has 0 atom stereocenters. The summed E-state index contributed by atoms with van der Waals surface area (Å²) in [5.41, 5.74) is 0.726. The number of carbonyl (C=O) groups is 2. The summed E-state index contributed by atoms with van der Waals surface area (Å²) in [6.45, 7) is 0. The van der Waals surface area contributed by atoms with Crippen molar-refractivity contribution in [2.45, 2.75) is 6.42 Å². The van der Waals surface area contributed by atoms with Gasteiger partial charge in [0.15, 0.2) is 16.6 Å². The van der Waals surface area contributed by atoms with E-state index in [0.29, 0.717) is 16.6 Å². The van der Waals surface area contributed by atoms with Gasteiger partial charge < -0.3 is 5.32 Å². The summed E-state index contributed by atoms with van der Waals surface area (Å²) in [7, 11) is 1.55. The molecular weight excluding hydrogens is 332 g/mol. The van der Waals surface area contributed by atoms with E-state index in [1.807, 2.05) is 0 Å². The second-order valence-corrected chi connectivity index (χ2v) is 5.42. The van der Waals surface area contributed by atoms with Crippen LogP contribution >= 0.6 is 11.3 Å². The maximum atomic E-state index is 12.1. The first-order valence-electron chi connectivity index (χ1n) is 6.81. The quantitative estimate of drug-likeness (QED) is 0.669. The Morgan fingerprint density at radius 1 is 1.29 bits per heavy atom. The zero-order valence-electron chi connectivity index (χ0n) is 12.5. The van der Waals surface area contributed by atoms with Gasteiger partial charge in [0.2, 0.25) is 5.91 Å². The van der Waals surface area contributed by atoms with Crippen molar-refractivity contribution in [1.82, 2.24) is 35.3 Å². The maximum absolute atomic E-state index is 12.1. The van der Waals surface area contributed by atoms with Crippen LogP contribution in [0, 0.1) is 0 Å². The Kier molecular flexibility index (Phi) is 4.52. The fourth-order valence-electron chi connectivity index (χ4n) is 1.75. The molecule has 0 aromatic carbocycles. The Morgan fingerprint density at radius 3 is 2.83 bits per heavy atom. The van der Waals surface area contributed by atoms with E-state index in [1.54, 1.807) is 18.5 Å². The first-order chi connectivity index (χ1) is 11.7. The highest BCUT2D eigenvalue weighted by Gasteiger charge is 2.12. The standard InChI is InChI=1S/C13H12N8O2S/c1-14-11(22)4-8-5-24-13(17-8)18-12(23)9-2-3-10(20-19-9)21-7-15-6-16-21/h2-3,5-7H,4H2,1H3,(H,14,22)(H,17,18,23). The lowest BCUT2D eigenvalue weighted by molar-refractivity contribution is -0.120. The van der Waals surface area contributed by atoms with E-state index in [4.69, 9.17) is 0 Å². The number of nitrogens with one attached hydrogen (secondary N) is 2. The fourth-order valence-corrected chi connectivity index (χ4v) is 2.46. The van der Waals surface area contributed by atoms with Crippen LogP contribution in [0.5, 0.6) is 0 Å². The lowest BCUT2D eigenvalue weighted by Gasteiger charge is -2.02. The molecule has 2 N–H and O–H groups in total. The van der Waals surface area contributed by atoms with Gasteiger partial charge in [-0.1, -0.05) is 0 Å². The minimum absolute atomic E-state index is 0.141. The van der Waals surface area contributed by atoms with Crippen LogP contribution in [0.1, 0.15) is 16.2 Å². The monoisotopic (exact) mass is 344 g/mol. The molecule has 0 radical (unpaired) electrons. The SMILES string of the molecule is CNC(=O)Cc1csc(NC(=O)c2ccc(-n3cncn3)nn2)n1. The van der Waals surface area contributed by atoms with E-state index in [-0.39, 0.29) is 18.0 Å². The summed E-state index contributed by atoms with van der Waals surface area (Å²) in [5, 5.41) is 18.9. The predicted molar refractivity (Wildman–Crippen MR) is 84.8 cm³/mol. The van der Waals surface area contributed by atoms with Crippen LogP contribution in [0.3, 0.4) is 0 Å². The third-order valence-electron chi connectivity index (χ3n) is 2.93. The molecule has 10 nitrogen and oxygen atoms in total. The van der Waals surface area contributed by atoms with E-state index < -0.39 is 5.91 Å². The molecule has 0 aliphatic carbocycles. The van der Waals surface area contributed by atoms with E-state index >= 15 is 0 Å². The molecule has 0 saturated heterocycles. The number of hydrogen-bond acceptors (Lipinski definition) is 8. The molecule has 122 valence electrons. The van der Waals surface area contributed by atoms with Crippen LogP contribution in [0.2, 0.25) is 0 Å². The van der Waals surface area contributed by atoms with Gasteiger partial charge in [-0.15, -0.1) is 21.5 Å². The number of anilines is 1. The van der Waals surface area contributed by atoms with Crippen LogP contribution in [-0.4, -0.2) is 48.8 Å². The highest BCUT2D eigenvalue weighted by Crippen LogP contribution is 2.16.